The van der Waals surface area contributed by atoms with Crippen LogP contribution in [0.5, 0.6) is 5.75 Å². The minimum absolute atomic E-state index is 0.164. The number of benzene rings is 2. The number of aryl methyl sites for hydroxylation is 1. The van der Waals surface area contributed by atoms with Crippen LogP contribution in [-0.2, 0) is 21.9 Å². The Hall–Kier alpha value is -2.33. The molecule has 10 heteroatoms. The van der Waals surface area contributed by atoms with Crippen LogP contribution in [0.1, 0.15) is 99.5 Å². The molecule has 1 saturated carbocycles. The fourth-order valence-electron chi connectivity index (χ4n) is 9.96. The molecule has 0 radical (unpaired) electrons. The SMILES string of the molecule is C[C@@H]1[C@@H](C)CCC[C@](O)(C[C@@H]2CCCN(C)C2)[C@@H]2CC[C@H]2CN2C[C@@]3(CCCc4cc(Cl)ccc43)COc3ccc(cc32)C(=O)NS1(=O)=O. The fourth-order valence-corrected chi connectivity index (χ4v) is 11.5. The topological polar surface area (TPSA) is 99.2 Å². The number of nitrogens with one attached hydrogen (secondary N) is 1. The fraction of sp³-hybridized carbons (Fsp3) is 0.667. The van der Waals surface area contributed by atoms with Gasteiger partial charge in [-0.05, 0) is 150 Å². The zero-order valence-corrected chi connectivity index (χ0v) is 31.0. The summed E-state index contributed by atoms with van der Waals surface area (Å²) < 4.78 is 36.1. The highest BCUT2D eigenvalue weighted by atomic mass is 35.5. The lowest BCUT2D eigenvalue weighted by Gasteiger charge is -2.51. The molecule has 7 atom stereocenters. The van der Waals surface area contributed by atoms with Crippen molar-refractivity contribution in [1.29, 1.82) is 0 Å². The summed E-state index contributed by atoms with van der Waals surface area (Å²) in [4.78, 5) is 18.4. The van der Waals surface area contributed by atoms with Gasteiger partial charge in [-0.25, -0.2) is 13.1 Å². The molecule has 2 N–H and O–H groups in total. The molecule has 0 unspecified atom stereocenters. The molecule has 8 nitrogen and oxygen atoms in total. The number of amides is 1. The smallest absolute Gasteiger partial charge is 0.264 e. The molecule has 2 bridgehead atoms. The van der Waals surface area contributed by atoms with Crippen LogP contribution in [-0.4, -0.2) is 75.0 Å². The van der Waals surface area contributed by atoms with E-state index in [2.05, 4.69) is 33.7 Å². The first-order valence-corrected chi connectivity index (χ1v) is 20.6. The average Bonchev–Trinajstić information content (AvgIpc) is 3.18. The van der Waals surface area contributed by atoms with Gasteiger partial charge in [0, 0.05) is 35.6 Å². The van der Waals surface area contributed by atoms with Crippen molar-refractivity contribution in [3.8, 4) is 5.75 Å². The second-order valence-electron chi connectivity index (χ2n) is 16.4. The third-order valence-electron chi connectivity index (χ3n) is 13.0. The highest BCUT2D eigenvalue weighted by Gasteiger charge is 2.49. The van der Waals surface area contributed by atoms with Gasteiger partial charge in [0.1, 0.15) is 5.75 Å². The lowest BCUT2D eigenvalue weighted by atomic mass is 9.60. The van der Waals surface area contributed by atoms with Crippen molar-refractivity contribution in [3.63, 3.8) is 0 Å². The van der Waals surface area contributed by atoms with E-state index >= 15 is 0 Å². The number of ether oxygens (including phenoxy) is 1. The summed E-state index contributed by atoms with van der Waals surface area (Å²) in [5.41, 5.74) is 2.59. The molecular weight excluding hydrogens is 658 g/mol. The number of hydrogen-bond acceptors (Lipinski definition) is 7. The van der Waals surface area contributed by atoms with E-state index in [1.165, 1.54) is 11.1 Å². The molecule has 268 valence electrons. The van der Waals surface area contributed by atoms with Crippen molar-refractivity contribution in [2.75, 3.05) is 44.7 Å². The Balaban J connectivity index is 1.29. The quantitative estimate of drug-likeness (QED) is 0.364. The van der Waals surface area contributed by atoms with Gasteiger partial charge < -0.3 is 19.6 Å². The summed E-state index contributed by atoms with van der Waals surface area (Å²) in [6.45, 7) is 7.72. The van der Waals surface area contributed by atoms with E-state index in [1.54, 1.807) is 13.0 Å². The monoisotopic (exact) mass is 711 g/mol. The summed E-state index contributed by atoms with van der Waals surface area (Å²) in [6.07, 6.45) is 10.2. The molecule has 49 heavy (non-hydrogen) atoms. The lowest BCUT2D eigenvalue weighted by molar-refractivity contribution is -0.106. The van der Waals surface area contributed by atoms with Crippen molar-refractivity contribution in [2.24, 2.45) is 23.7 Å². The first-order valence-electron chi connectivity index (χ1n) is 18.6. The number of aliphatic hydroxyl groups is 1. The predicted octanol–water partition coefficient (Wildman–Crippen LogP) is 6.57. The van der Waals surface area contributed by atoms with E-state index in [9.17, 15) is 18.3 Å². The number of likely N-dealkylation sites (tertiary alicyclic amines) is 1. The molecule has 2 aromatic rings. The largest absolute Gasteiger partial charge is 0.490 e. The number of carbonyl (C=O) groups excluding carboxylic acids is 1. The van der Waals surface area contributed by atoms with Gasteiger partial charge in [-0.15, -0.1) is 0 Å². The lowest BCUT2D eigenvalue weighted by Crippen LogP contribution is -2.54. The maximum atomic E-state index is 13.6. The Labute approximate surface area is 298 Å². The Bertz CT molecular complexity index is 1670. The van der Waals surface area contributed by atoms with Crippen LogP contribution >= 0.6 is 11.6 Å². The Morgan fingerprint density at radius 2 is 1.86 bits per heavy atom. The molecule has 3 heterocycles. The van der Waals surface area contributed by atoms with Crippen LogP contribution in [0, 0.1) is 23.7 Å². The Kier molecular flexibility index (Phi) is 9.78. The summed E-state index contributed by atoms with van der Waals surface area (Å²) in [6, 6.07) is 11.6. The zero-order chi connectivity index (χ0) is 34.6. The van der Waals surface area contributed by atoms with Crippen molar-refractivity contribution in [2.45, 2.75) is 101 Å². The predicted molar refractivity (Wildman–Crippen MR) is 195 cm³/mol. The number of piperidine rings is 1. The summed E-state index contributed by atoms with van der Waals surface area (Å²) in [5, 5.41) is 12.8. The zero-order valence-electron chi connectivity index (χ0n) is 29.4. The minimum Gasteiger partial charge on any atom is -0.490 e. The van der Waals surface area contributed by atoms with E-state index in [-0.39, 0.29) is 17.3 Å². The van der Waals surface area contributed by atoms with Gasteiger partial charge in [-0.2, -0.15) is 0 Å². The second-order valence-corrected chi connectivity index (χ2v) is 18.8. The van der Waals surface area contributed by atoms with Crippen LogP contribution in [0.4, 0.5) is 5.69 Å². The third-order valence-corrected chi connectivity index (χ3v) is 15.2. The number of fused-ring (bicyclic) bond motifs is 4. The van der Waals surface area contributed by atoms with Gasteiger partial charge in [0.05, 0.1) is 23.1 Å². The standard InChI is InChI=1S/C39H54ClN3O5S/c1-26-7-4-17-39(45,21-28-8-6-18-42(3)22-28)34-13-10-31(34)23-43-24-38(16-5-9-29-19-32(40)12-14-33(29)38)25-48-36-15-11-30(20-35(36)43)37(44)41-49(46,47)27(26)2/h11-12,14-15,19-20,26-28,31,34,45H,4-10,13,16-18,21-25H2,1-3H3,(H,41,44)/t26-,27+,28-,31-,34+,38-,39-/m0/s1. The summed E-state index contributed by atoms with van der Waals surface area (Å²) in [5.74, 6) is 0.837. The van der Waals surface area contributed by atoms with Crippen LogP contribution in [0.25, 0.3) is 0 Å². The number of anilines is 1. The third kappa shape index (κ3) is 6.98. The number of sulfonamides is 1. The van der Waals surface area contributed by atoms with Crippen LogP contribution < -0.4 is 14.4 Å². The Morgan fingerprint density at radius 3 is 2.63 bits per heavy atom. The molecule has 1 spiro atoms. The maximum absolute atomic E-state index is 13.6. The number of hydrogen-bond donors (Lipinski definition) is 2. The summed E-state index contributed by atoms with van der Waals surface area (Å²) >= 11 is 6.47. The minimum atomic E-state index is -3.93. The highest BCUT2D eigenvalue weighted by Crippen LogP contribution is 2.50. The molecule has 3 aliphatic heterocycles. The molecule has 2 aliphatic carbocycles. The first kappa shape index (κ1) is 35.1. The van der Waals surface area contributed by atoms with E-state index < -0.39 is 26.8 Å². The number of halogens is 1. The summed E-state index contributed by atoms with van der Waals surface area (Å²) in [7, 11) is -1.74. The van der Waals surface area contributed by atoms with Gasteiger partial charge in [0.2, 0.25) is 10.0 Å². The van der Waals surface area contributed by atoms with Crippen LogP contribution in [0.15, 0.2) is 36.4 Å². The molecule has 5 aliphatic rings. The van der Waals surface area contributed by atoms with Crippen molar-refractivity contribution in [1.82, 2.24) is 9.62 Å². The van der Waals surface area contributed by atoms with Gasteiger partial charge in [0.25, 0.3) is 5.91 Å². The van der Waals surface area contributed by atoms with Gasteiger partial charge in [-0.1, -0.05) is 31.0 Å². The number of rotatable bonds is 2. The van der Waals surface area contributed by atoms with Crippen LogP contribution in [0.3, 0.4) is 0 Å². The number of nitrogens with zero attached hydrogens (tertiary/aromatic N) is 2. The van der Waals surface area contributed by atoms with Gasteiger partial charge in [0.15, 0.2) is 0 Å². The molecule has 2 aromatic carbocycles. The molecule has 1 saturated heterocycles. The van der Waals surface area contributed by atoms with Gasteiger partial charge >= 0.3 is 0 Å². The highest BCUT2D eigenvalue weighted by molar-refractivity contribution is 7.90. The molecular formula is C39H54ClN3O5S. The normalized spacial score (nSPS) is 35.2. The van der Waals surface area contributed by atoms with E-state index in [0.29, 0.717) is 49.1 Å². The van der Waals surface area contributed by atoms with Crippen LogP contribution in [0.2, 0.25) is 5.02 Å². The van der Waals surface area contributed by atoms with E-state index in [1.807, 2.05) is 25.1 Å². The second kappa shape index (κ2) is 13.7. The van der Waals surface area contributed by atoms with Crippen molar-refractivity contribution >= 4 is 33.2 Å². The first-order chi connectivity index (χ1) is 23.4. The van der Waals surface area contributed by atoms with Crippen molar-refractivity contribution < 1.29 is 23.1 Å². The molecule has 7 rings (SSSR count). The molecule has 1 amide bonds. The average molecular weight is 712 g/mol. The van der Waals surface area contributed by atoms with E-state index in [0.717, 1.165) is 88.1 Å². The van der Waals surface area contributed by atoms with Crippen molar-refractivity contribution in [3.05, 3.63) is 58.1 Å². The van der Waals surface area contributed by atoms with E-state index in [4.69, 9.17) is 16.3 Å². The maximum Gasteiger partial charge on any atom is 0.264 e. The Morgan fingerprint density at radius 1 is 1.02 bits per heavy atom. The van der Waals surface area contributed by atoms with Gasteiger partial charge in [-0.3, -0.25) is 4.79 Å². The molecule has 2 fully saturated rings. The molecule has 0 aromatic heterocycles. The number of carbonyl (C=O) groups is 1.